The fraction of sp³-hybridized carbons (Fsp3) is 0.158. The van der Waals surface area contributed by atoms with Crippen molar-refractivity contribution in [2.45, 2.75) is 13.0 Å². The molecule has 2 aromatic carbocycles. The quantitative estimate of drug-likeness (QED) is 0.580. The molecule has 1 heterocycles. The molecule has 3 rings (SSSR count). The monoisotopic (exact) mass is 407 g/mol. The molecule has 7 heteroatoms. The zero-order valence-corrected chi connectivity index (χ0v) is 16.0. The van der Waals surface area contributed by atoms with E-state index in [0.29, 0.717) is 15.6 Å². The molecule has 0 saturated carbocycles. The van der Waals surface area contributed by atoms with Gasteiger partial charge in [0.15, 0.2) is 0 Å². The Bertz CT molecular complexity index is 955. The van der Waals surface area contributed by atoms with Gasteiger partial charge in [0, 0.05) is 16.6 Å². The van der Waals surface area contributed by atoms with Gasteiger partial charge in [0.05, 0.1) is 26.9 Å². The summed E-state index contributed by atoms with van der Waals surface area (Å²) in [4.78, 5) is 24.7. The highest BCUT2D eigenvalue weighted by atomic mass is 35.5. The van der Waals surface area contributed by atoms with Gasteiger partial charge in [0.1, 0.15) is 6.61 Å². The number of thiophene rings is 1. The number of fused-ring (bicyclic) bond motifs is 1. The topological polar surface area (TPSA) is 55.4 Å². The second-order valence-electron chi connectivity index (χ2n) is 5.48. The molecule has 0 aliphatic carbocycles. The number of ether oxygens (including phenoxy) is 1. The van der Waals surface area contributed by atoms with Gasteiger partial charge in [-0.15, -0.1) is 11.3 Å². The Morgan fingerprint density at radius 3 is 2.54 bits per heavy atom. The fourth-order valence-electron chi connectivity index (χ4n) is 2.39. The molecule has 1 aromatic heterocycles. The first-order chi connectivity index (χ1) is 12.6. The highest BCUT2D eigenvalue weighted by Gasteiger charge is 2.13. The van der Waals surface area contributed by atoms with Crippen molar-refractivity contribution in [1.29, 1.82) is 0 Å². The summed E-state index contributed by atoms with van der Waals surface area (Å²) in [5.74, 6) is -0.728. The van der Waals surface area contributed by atoms with Crippen LogP contribution in [0.5, 0.6) is 0 Å². The maximum Gasteiger partial charge on any atom is 0.307 e. The number of hydrogen-bond acceptors (Lipinski definition) is 4. The van der Waals surface area contributed by atoms with Crippen LogP contribution < -0.4 is 5.32 Å². The summed E-state index contributed by atoms with van der Waals surface area (Å²) in [6.45, 7) is 0.290. The molecule has 3 aromatic rings. The Balaban J connectivity index is 1.48. The molecule has 26 heavy (non-hydrogen) atoms. The van der Waals surface area contributed by atoms with Crippen molar-refractivity contribution in [2.75, 3.05) is 6.54 Å². The van der Waals surface area contributed by atoms with Crippen LogP contribution >= 0.6 is 34.5 Å². The van der Waals surface area contributed by atoms with Crippen LogP contribution in [0.1, 0.15) is 21.7 Å². The Morgan fingerprint density at radius 1 is 1.04 bits per heavy atom. The molecular formula is C19H15Cl2NO3S. The first-order valence-electron chi connectivity index (χ1n) is 7.90. The first-order valence-corrected chi connectivity index (χ1v) is 9.48. The number of carbonyl (C=O) groups is 2. The average Bonchev–Trinajstić information content (AvgIpc) is 2.96. The number of carbonyl (C=O) groups excluding carboxylic acids is 2. The van der Waals surface area contributed by atoms with Crippen LogP contribution in [0.4, 0.5) is 0 Å². The molecule has 0 saturated heterocycles. The Hall–Kier alpha value is -2.08. The van der Waals surface area contributed by atoms with Crippen molar-refractivity contribution < 1.29 is 14.3 Å². The Kier molecular flexibility index (Phi) is 6.14. The second-order valence-corrected chi connectivity index (χ2v) is 7.40. The molecule has 0 spiro atoms. The molecule has 0 bridgehead atoms. The predicted octanol–water partition coefficient (Wildman–Crippen LogP) is 5.07. The van der Waals surface area contributed by atoms with Crippen LogP contribution in [0.25, 0.3) is 10.1 Å². The van der Waals surface area contributed by atoms with E-state index < -0.39 is 5.97 Å². The minimum atomic E-state index is -0.405. The molecule has 0 unspecified atom stereocenters. The summed E-state index contributed by atoms with van der Waals surface area (Å²) < 4.78 is 6.31. The van der Waals surface area contributed by atoms with E-state index in [0.717, 1.165) is 15.0 Å². The minimum absolute atomic E-state index is 0.0682. The van der Waals surface area contributed by atoms with Crippen LogP contribution in [0.2, 0.25) is 10.0 Å². The van der Waals surface area contributed by atoms with E-state index in [1.165, 1.54) is 11.3 Å². The molecular weight excluding hydrogens is 393 g/mol. The summed E-state index contributed by atoms with van der Waals surface area (Å²) in [5, 5.41) is 4.59. The smallest absolute Gasteiger partial charge is 0.307 e. The van der Waals surface area contributed by atoms with Gasteiger partial charge in [0.25, 0.3) is 5.91 Å². The van der Waals surface area contributed by atoms with E-state index in [1.807, 2.05) is 24.3 Å². The second kappa shape index (κ2) is 8.54. The summed E-state index contributed by atoms with van der Waals surface area (Å²) in [6.07, 6.45) is 0.0682. The number of nitrogens with one attached hydrogen (secondary N) is 1. The van der Waals surface area contributed by atoms with Crippen LogP contribution in [0.3, 0.4) is 0 Å². The lowest BCUT2D eigenvalue weighted by Crippen LogP contribution is -2.26. The largest absolute Gasteiger partial charge is 0.460 e. The standard InChI is InChI=1S/C19H15Cl2NO3S/c20-14-7-3-1-5-12(14)19(24)22-10-9-17(23)25-11-16-18(21)13-6-2-4-8-15(13)26-16/h1-8H,9-11H2,(H,22,24). The Morgan fingerprint density at radius 2 is 1.77 bits per heavy atom. The summed E-state index contributed by atoms with van der Waals surface area (Å²) in [7, 11) is 0. The van der Waals surface area contributed by atoms with Gasteiger partial charge >= 0.3 is 5.97 Å². The third-order valence-corrected chi connectivity index (χ3v) is 5.72. The zero-order chi connectivity index (χ0) is 18.5. The lowest BCUT2D eigenvalue weighted by molar-refractivity contribution is -0.144. The van der Waals surface area contributed by atoms with E-state index in [9.17, 15) is 9.59 Å². The van der Waals surface area contributed by atoms with Gasteiger partial charge in [-0.05, 0) is 18.2 Å². The number of esters is 1. The molecule has 134 valence electrons. The maximum atomic E-state index is 12.0. The van der Waals surface area contributed by atoms with Crippen LogP contribution in [0, 0.1) is 0 Å². The van der Waals surface area contributed by atoms with Crippen LogP contribution in [0.15, 0.2) is 48.5 Å². The van der Waals surface area contributed by atoms with E-state index in [4.69, 9.17) is 27.9 Å². The van der Waals surface area contributed by atoms with Gasteiger partial charge in [-0.25, -0.2) is 0 Å². The highest BCUT2D eigenvalue weighted by molar-refractivity contribution is 7.19. The lowest BCUT2D eigenvalue weighted by Gasteiger charge is -2.07. The van der Waals surface area contributed by atoms with E-state index >= 15 is 0 Å². The predicted molar refractivity (Wildman–Crippen MR) is 105 cm³/mol. The number of benzene rings is 2. The summed E-state index contributed by atoms with van der Waals surface area (Å²) in [5.41, 5.74) is 0.375. The fourth-order valence-corrected chi connectivity index (χ4v) is 4.02. The summed E-state index contributed by atoms with van der Waals surface area (Å²) >= 11 is 13.8. The van der Waals surface area contributed by atoms with E-state index in [2.05, 4.69) is 5.32 Å². The maximum absolute atomic E-state index is 12.0. The normalized spacial score (nSPS) is 10.7. The molecule has 4 nitrogen and oxygen atoms in total. The van der Waals surface area contributed by atoms with Crippen molar-refractivity contribution in [3.05, 3.63) is 69.0 Å². The first kappa shape index (κ1) is 18.7. The number of rotatable bonds is 6. The van der Waals surface area contributed by atoms with Gasteiger partial charge in [0.2, 0.25) is 0 Å². The zero-order valence-electron chi connectivity index (χ0n) is 13.6. The summed E-state index contributed by atoms with van der Waals surface area (Å²) in [6, 6.07) is 14.5. The van der Waals surface area contributed by atoms with E-state index in [1.54, 1.807) is 24.3 Å². The molecule has 0 atom stereocenters. The van der Waals surface area contributed by atoms with Crippen molar-refractivity contribution in [2.24, 2.45) is 0 Å². The molecule has 0 fully saturated rings. The van der Waals surface area contributed by atoms with Gasteiger partial charge in [-0.2, -0.15) is 0 Å². The number of hydrogen-bond donors (Lipinski definition) is 1. The van der Waals surface area contributed by atoms with Crippen molar-refractivity contribution in [1.82, 2.24) is 5.32 Å². The third-order valence-electron chi connectivity index (χ3n) is 3.70. The lowest BCUT2D eigenvalue weighted by atomic mass is 10.2. The average molecular weight is 408 g/mol. The van der Waals surface area contributed by atoms with Crippen molar-refractivity contribution in [3.8, 4) is 0 Å². The molecule has 0 aliphatic heterocycles. The molecule has 0 radical (unpaired) electrons. The molecule has 0 aliphatic rings. The molecule has 1 N–H and O–H groups in total. The number of halogens is 2. The third kappa shape index (κ3) is 4.36. The number of amides is 1. The minimum Gasteiger partial charge on any atom is -0.460 e. The van der Waals surface area contributed by atoms with Crippen molar-refractivity contribution >= 4 is 56.5 Å². The van der Waals surface area contributed by atoms with E-state index in [-0.39, 0.29) is 25.5 Å². The van der Waals surface area contributed by atoms with Crippen molar-refractivity contribution in [3.63, 3.8) is 0 Å². The van der Waals surface area contributed by atoms with Gasteiger partial charge < -0.3 is 10.1 Å². The van der Waals surface area contributed by atoms with Gasteiger partial charge in [-0.3, -0.25) is 9.59 Å². The van der Waals surface area contributed by atoms with Crippen LogP contribution in [-0.4, -0.2) is 18.4 Å². The highest BCUT2D eigenvalue weighted by Crippen LogP contribution is 2.35. The van der Waals surface area contributed by atoms with Crippen LogP contribution in [-0.2, 0) is 16.1 Å². The molecule has 1 amide bonds. The SMILES string of the molecule is O=C(CCNC(=O)c1ccccc1Cl)OCc1sc2ccccc2c1Cl. The Labute approximate surface area is 164 Å². The van der Waals surface area contributed by atoms with Gasteiger partial charge in [-0.1, -0.05) is 53.5 Å².